The van der Waals surface area contributed by atoms with Crippen molar-refractivity contribution < 1.29 is 18.4 Å². The Bertz CT molecular complexity index is 600. The topological polar surface area (TPSA) is 64.4 Å². The van der Waals surface area contributed by atoms with Crippen LogP contribution < -0.4 is 5.32 Å². The highest BCUT2D eigenvalue weighted by atomic mass is 127. The number of methoxy groups -OCH3 is 1. The molecule has 2 rings (SSSR count). The van der Waals surface area contributed by atoms with Crippen LogP contribution in [0.2, 0.25) is 0 Å². The molecule has 1 amide bonds. The standard InChI is InChI=1S/C12H10FIN2O3/c1-18-6-8-5-11(16-19-8)12(17)15-10-3-2-7(13)4-9(10)14/h2-5H,6H2,1H3,(H,15,17). The summed E-state index contributed by atoms with van der Waals surface area (Å²) in [4.78, 5) is 11.9. The van der Waals surface area contributed by atoms with E-state index >= 15 is 0 Å². The van der Waals surface area contributed by atoms with E-state index in [0.29, 0.717) is 15.0 Å². The molecule has 1 aromatic carbocycles. The van der Waals surface area contributed by atoms with Crippen molar-refractivity contribution in [2.75, 3.05) is 12.4 Å². The first-order valence-electron chi connectivity index (χ1n) is 5.31. The average Bonchev–Trinajstić information content (AvgIpc) is 2.82. The minimum absolute atomic E-state index is 0.146. The second-order valence-electron chi connectivity index (χ2n) is 3.69. The van der Waals surface area contributed by atoms with Crippen LogP contribution in [-0.2, 0) is 11.3 Å². The van der Waals surface area contributed by atoms with E-state index in [4.69, 9.17) is 9.26 Å². The summed E-state index contributed by atoms with van der Waals surface area (Å²) in [7, 11) is 1.52. The van der Waals surface area contributed by atoms with E-state index in [2.05, 4.69) is 10.5 Å². The van der Waals surface area contributed by atoms with Crippen molar-refractivity contribution in [3.8, 4) is 0 Å². The molecule has 0 unspecified atom stereocenters. The fourth-order valence-electron chi connectivity index (χ4n) is 1.41. The van der Waals surface area contributed by atoms with Gasteiger partial charge in [-0.1, -0.05) is 5.16 Å². The van der Waals surface area contributed by atoms with Crippen molar-refractivity contribution in [2.45, 2.75) is 6.61 Å². The van der Waals surface area contributed by atoms with Crippen molar-refractivity contribution in [1.82, 2.24) is 5.16 Å². The zero-order chi connectivity index (χ0) is 13.8. The van der Waals surface area contributed by atoms with Gasteiger partial charge in [0, 0.05) is 16.7 Å². The van der Waals surface area contributed by atoms with Crippen LogP contribution in [0.3, 0.4) is 0 Å². The van der Waals surface area contributed by atoms with Crippen molar-refractivity contribution >= 4 is 34.2 Å². The summed E-state index contributed by atoms with van der Waals surface area (Å²) >= 11 is 1.94. The third-order valence-electron chi connectivity index (χ3n) is 2.26. The summed E-state index contributed by atoms with van der Waals surface area (Å²) in [6, 6.07) is 5.59. The van der Waals surface area contributed by atoms with Gasteiger partial charge in [0.2, 0.25) is 0 Å². The SMILES string of the molecule is COCc1cc(C(=O)Nc2ccc(F)cc2I)no1. The number of anilines is 1. The van der Waals surface area contributed by atoms with Gasteiger partial charge in [-0.25, -0.2) is 4.39 Å². The zero-order valence-corrected chi connectivity index (χ0v) is 12.1. The van der Waals surface area contributed by atoms with Crippen LogP contribution in [0.1, 0.15) is 16.2 Å². The minimum atomic E-state index is -0.421. The molecule has 5 nitrogen and oxygen atoms in total. The molecule has 0 atom stereocenters. The molecule has 1 heterocycles. The van der Waals surface area contributed by atoms with Gasteiger partial charge in [-0.05, 0) is 40.8 Å². The normalized spacial score (nSPS) is 10.5. The monoisotopic (exact) mass is 376 g/mol. The number of rotatable bonds is 4. The number of hydrogen-bond donors (Lipinski definition) is 1. The Balaban J connectivity index is 2.11. The average molecular weight is 376 g/mol. The largest absolute Gasteiger partial charge is 0.377 e. The summed E-state index contributed by atoms with van der Waals surface area (Å²) in [5.74, 6) is -0.316. The number of nitrogens with one attached hydrogen (secondary N) is 1. The van der Waals surface area contributed by atoms with Crippen LogP contribution >= 0.6 is 22.6 Å². The molecule has 2 aromatic rings. The molecule has 0 fully saturated rings. The summed E-state index contributed by atoms with van der Waals surface area (Å²) in [6.45, 7) is 0.244. The molecule has 7 heteroatoms. The van der Waals surface area contributed by atoms with Crippen LogP contribution in [0.15, 0.2) is 28.8 Å². The Morgan fingerprint density at radius 1 is 1.53 bits per heavy atom. The van der Waals surface area contributed by atoms with E-state index in [1.807, 2.05) is 22.6 Å². The highest BCUT2D eigenvalue weighted by molar-refractivity contribution is 14.1. The maximum atomic E-state index is 12.9. The Morgan fingerprint density at radius 3 is 3.00 bits per heavy atom. The van der Waals surface area contributed by atoms with Gasteiger partial charge in [0.1, 0.15) is 12.4 Å². The predicted molar refractivity (Wildman–Crippen MR) is 74.3 cm³/mol. The van der Waals surface area contributed by atoms with E-state index in [0.717, 1.165) is 0 Å². The van der Waals surface area contributed by atoms with Gasteiger partial charge < -0.3 is 14.6 Å². The summed E-state index contributed by atoms with van der Waals surface area (Å²) in [6.07, 6.45) is 0. The van der Waals surface area contributed by atoms with E-state index < -0.39 is 5.91 Å². The van der Waals surface area contributed by atoms with Crippen LogP contribution in [0.5, 0.6) is 0 Å². The fraction of sp³-hybridized carbons (Fsp3) is 0.167. The maximum Gasteiger partial charge on any atom is 0.277 e. The third-order valence-corrected chi connectivity index (χ3v) is 3.15. The second kappa shape index (κ2) is 6.11. The number of halogens is 2. The van der Waals surface area contributed by atoms with Crippen LogP contribution in [0.4, 0.5) is 10.1 Å². The minimum Gasteiger partial charge on any atom is -0.377 e. The molecule has 0 aliphatic rings. The highest BCUT2D eigenvalue weighted by Gasteiger charge is 2.14. The summed E-state index contributed by atoms with van der Waals surface area (Å²) in [5, 5.41) is 6.27. The number of nitrogens with zero attached hydrogens (tertiary/aromatic N) is 1. The Morgan fingerprint density at radius 2 is 2.32 bits per heavy atom. The Labute approximate surface area is 122 Å². The molecule has 0 aliphatic heterocycles. The van der Waals surface area contributed by atoms with Crippen molar-refractivity contribution in [3.63, 3.8) is 0 Å². The number of ether oxygens (including phenoxy) is 1. The van der Waals surface area contributed by atoms with Gasteiger partial charge in [0.05, 0.1) is 5.69 Å². The zero-order valence-electron chi connectivity index (χ0n) is 9.94. The third kappa shape index (κ3) is 3.51. The van der Waals surface area contributed by atoms with Gasteiger partial charge >= 0.3 is 0 Å². The quantitative estimate of drug-likeness (QED) is 0.834. The smallest absolute Gasteiger partial charge is 0.277 e. The molecule has 0 saturated heterocycles. The van der Waals surface area contributed by atoms with Gasteiger partial charge in [-0.15, -0.1) is 0 Å². The predicted octanol–water partition coefficient (Wildman–Crippen LogP) is 2.82. The van der Waals surface area contributed by atoms with Gasteiger partial charge in [0.25, 0.3) is 5.91 Å². The molecule has 0 bridgehead atoms. The number of hydrogen-bond acceptors (Lipinski definition) is 4. The molecule has 0 aliphatic carbocycles. The lowest BCUT2D eigenvalue weighted by Gasteiger charge is -2.05. The molecule has 1 aromatic heterocycles. The number of aromatic nitrogens is 1. The molecular formula is C12H10FIN2O3. The molecule has 19 heavy (non-hydrogen) atoms. The Kier molecular flexibility index (Phi) is 4.48. The van der Waals surface area contributed by atoms with Crippen LogP contribution in [-0.4, -0.2) is 18.2 Å². The molecule has 100 valence electrons. The van der Waals surface area contributed by atoms with Crippen molar-refractivity contribution in [1.29, 1.82) is 0 Å². The lowest BCUT2D eigenvalue weighted by Crippen LogP contribution is -2.13. The summed E-state index contributed by atoms with van der Waals surface area (Å²) in [5.41, 5.74) is 0.662. The van der Waals surface area contributed by atoms with Crippen LogP contribution in [0, 0.1) is 9.39 Å². The summed E-state index contributed by atoms with van der Waals surface area (Å²) < 4.78 is 23.3. The first-order chi connectivity index (χ1) is 9.10. The van der Waals surface area contributed by atoms with Crippen molar-refractivity contribution in [2.24, 2.45) is 0 Å². The van der Waals surface area contributed by atoms with Gasteiger partial charge in [-0.2, -0.15) is 0 Å². The van der Waals surface area contributed by atoms with Crippen LogP contribution in [0.25, 0.3) is 0 Å². The number of benzene rings is 1. The fourth-order valence-corrected chi connectivity index (χ4v) is 2.02. The second-order valence-corrected chi connectivity index (χ2v) is 4.85. The lowest BCUT2D eigenvalue weighted by atomic mass is 10.3. The van der Waals surface area contributed by atoms with E-state index in [9.17, 15) is 9.18 Å². The van der Waals surface area contributed by atoms with E-state index in [-0.39, 0.29) is 18.1 Å². The first-order valence-corrected chi connectivity index (χ1v) is 6.39. The molecule has 1 N–H and O–H groups in total. The number of carbonyl (C=O) groups excluding carboxylic acids is 1. The van der Waals surface area contributed by atoms with Gasteiger partial charge in [0.15, 0.2) is 11.5 Å². The lowest BCUT2D eigenvalue weighted by molar-refractivity contribution is 0.101. The molecule has 0 radical (unpaired) electrons. The molecule has 0 spiro atoms. The number of carbonyl (C=O) groups is 1. The first kappa shape index (κ1) is 13.9. The molecular weight excluding hydrogens is 366 g/mol. The Hall–Kier alpha value is -1.48. The van der Waals surface area contributed by atoms with E-state index in [1.165, 1.54) is 31.4 Å². The molecule has 0 saturated carbocycles. The van der Waals surface area contributed by atoms with Crippen molar-refractivity contribution in [3.05, 3.63) is 45.1 Å². The highest BCUT2D eigenvalue weighted by Crippen LogP contribution is 2.19. The number of amides is 1. The van der Waals surface area contributed by atoms with Gasteiger partial charge in [-0.3, -0.25) is 4.79 Å². The maximum absolute atomic E-state index is 12.9. The van der Waals surface area contributed by atoms with E-state index in [1.54, 1.807) is 0 Å².